The molecule has 1 saturated heterocycles. The van der Waals surface area contributed by atoms with Crippen LogP contribution in [0.5, 0.6) is 0 Å². The van der Waals surface area contributed by atoms with E-state index in [1.165, 1.54) is 0 Å². The average molecular weight is 334 g/mol. The summed E-state index contributed by atoms with van der Waals surface area (Å²) in [5, 5.41) is 1.89. The van der Waals surface area contributed by atoms with Crippen LogP contribution in [0, 0.1) is 13.8 Å². The van der Waals surface area contributed by atoms with Gasteiger partial charge < -0.3 is 15.0 Å². The van der Waals surface area contributed by atoms with E-state index in [1.807, 2.05) is 19.2 Å². The van der Waals surface area contributed by atoms with E-state index in [0.717, 1.165) is 11.4 Å². The summed E-state index contributed by atoms with van der Waals surface area (Å²) in [6.45, 7) is 2.79. The standard InChI is InChI=1S/C14H21F3N4O2/c1-8-9(2)20-13(19-8)11-4-10(23-3)5-21(11)6-12(22)18-7-14(15,16)17/h10-11H,4-7H2,1-3H3,(H,18,22)(H,19,20)/t10-,11+/m1/s1. The molecular formula is C14H21F3N4O2. The number of carbonyl (C=O) groups is 1. The van der Waals surface area contributed by atoms with Gasteiger partial charge in [0.1, 0.15) is 12.4 Å². The first-order valence-corrected chi connectivity index (χ1v) is 7.33. The lowest BCUT2D eigenvalue weighted by Gasteiger charge is -2.22. The Labute approximate surface area is 132 Å². The van der Waals surface area contributed by atoms with Crippen LogP contribution in [0.15, 0.2) is 0 Å². The minimum atomic E-state index is -4.41. The van der Waals surface area contributed by atoms with E-state index in [4.69, 9.17) is 4.74 Å². The number of likely N-dealkylation sites (tertiary alicyclic amines) is 1. The van der Waals surface area contributed by atoms with Gasteiger partial charge in [0.15, 0.2) is 0 Å². The van der Waals surface area contributed by atoms with E-state index in [2.05, 4.69) is 9.97 Å². The number of ether oxygens (including phenoxy) is 1. The van der Waals surface area contributed by atoms with Crippen molar-refractivity contribution in [2.75, 3.05) is 26.7 Å². The van der Waals surface area contributed by atoms with Crippen molar-refractivity contribution in [3.63, 3.8) is 0 Å². The number of aromatic amines is 1. The Balaban J connectivity index is 2.03. The predicted molar refractivity (Wildman–Crippen MR) is 76.9 cm³/mol. The summed E-state index contributed by atoms with van der Waals surface area (Å²) in [5.74, 6) is 0.0484. The molecule has 0 radical (unpaired) electrons. The third-order valence-corrected chi connectivity index (χ3v) is 3.99. The van der Waals surface area contributed by atoms with Crippen molar-refractivity contribution < 1.29 is 22.7 Å². The molecule has 9 heteroatoms. The normalized spacial score (nSPS) is 22.5. The van der Waals surface area contributed by atoms with E-state index in [-0.39, 0.29) is 18.7 Å². The van der Waals surface area contributed by atoms with Crippen LogP contribution >= 0.6 is 0 Å². The molecule has 1 aliphatic rings. The smallest absolute Gasteiger partial charge is 0.380 e. The summed E-state index contributed by atoms with van der Waals surface area (Å²) in [6, 6.07) is -0.177. The number of alkyl halides is 3. The van der Waals surface area contributed by atoms with Gasteiger partial charge in [-0.2, -0.15) is 13.2 Å². The number of H-pyrrole nitrogens is 1. The molecule has 2 N–H and O–H groups in total. The number of amides is 1. The number of aryl methyl sites for hydroxylation is 2. The summed E-state index contributed by atoms with van der Waals surface area (Å²) >= 11 is 0. The minimum Gasteiger partial charge on any atom is -0.380 e. The molecule has 0 aliphatic carbocycles. The van der Waals surface area contributed by atoms with Gasteiger partial charge in [-0.15, -0.1) is 0 Å². The topological polar surface area (TPSA) is 70.2 Å². The summed E-state index contributed by atoms with van der Waals surface area (Å²) in [4.78, 5) is 21.2. The number of hydrogen-bond donors (Lipinski definition) is 2. The molecule has 1 aliphatic heterocycles. The number of imidazole rings is 1. The second-order valence-corrected chi connectivity index (χ2v) is 5.76. The van der Waals surface area contributed by atoms with Gasteiger partial charge in [0.05, 0.1) is 24.4 Å². The summed E-state index contributed by atoms with van der Waals surface area (Å²) < 4.78 is 41.8. The Morgan fingerprint density at radius 1 is 1.48 bits per heavy atom. The maximum Gasteiger partial charge on any atom is 0.405 e. The maximum atomic E-state index is 12.2. The second-order valence-electron chi connectivity index (χ2n) is 5.76. The van der Waals surface area contributed by atoms with Crippen molar-refractivity contribution in [2.45, 2.75) is 38.6 Å². The number of hydrogen-bond acceptors (Lipinski definition) is 4. The largest absolute Gasteiger partial charge is 0.405 e. The van der Waals surface area contributed by atoms with Crippen LogP contribution in [0.1, 0.15) is 29.7 Å². The van der Waals surface area contributed by atoms with Crippen molar-refractivity contribution >= 4 is 5.91 Å². The number of methoxy groups -OCH3 is 1. The van der Waals surface area contributed by atoms with E-state index in [1.54, 1.807) is 12.0 Å². The molecule has 6 nitrogen and oxygen atoms in total. The van der Waals surface area contributed by atoms with Crippen molar-refractivity contribution in [1.29, 1.82) is 0 Å². The molecule has 23 heavy (non-hydrogen) atoms. The molecule has 0 saturated carbocycles. The fourth-order valence-electron chi connectivity index (χ4n) is 2.66. The first-order chi connectivity index (χ1) is 10.7. The van der Waals surface area contributed by atoms with Gasteiger partial charge in [-0.3, -0.25) is 9.69 Å². The van der Waals surface area contributed by atoms with E-state index < -0.39 is 18.6 Å². The molecule has 1 amide bonds. The van der Waals surface area contributed by atoms with Crippen LogP contribution in [-0.2, 0) is 9.53 Å². The third kappa shape index (κ3) is 4.68. The number of halogens is 3. The zero-order valence-corrected chi connectivity index (χ0v) is 13.3. The number of rotatable bonds is 5. The van der Waals surface area contributed by atoms with Gasteiger partial charge in [-0.1, -0.05) is 0 Å². The first-order valence-electron chi connectivity index (χ1n) is 7.33. The van der Waals surface area contributed by atoms with Gasteiger partial charge >= 0.3 is 6.18 Å². The molecule has 0 unspecified atom stereocenters. The Morgan fingerprint density at radius 2 is 2.17 bits per heavy atom. The Bertz CT molecular complexity index is 539. The molecule has 2 heterocycles. The third-order valence-electron chi connectivity index (χ3n) is 3.99. The molecule has 2 rings (SSSR count). The molecule has 1 aromatic rings. The monoisotopic (exact) mass is 334 g/mol. The zero-order chi connectivity index (χ0) is 17.2. The zero-order valence-electron chi connectivity index (χ0n) is 13.3. The Kier molecular flexibility index (Phi) is 5.30. The molecule has 0 bridgehead atoms. The van der Waals surface area contributed by atoms with Gasteiger partial charge in [0.2, 0.25) is 5.91 Å². The van der Waals surface area contributed by atoms with Crippen molar-refractivity contribution in [1.82, 2.24) is 20.2 Å². The number of carbonyl (C=O) groups excluding carboxylic acids is 1. The molecule has 130 valence electrons. The lowest BCUT2D eigenvalue weighted by molar-refractivity contribution is -0.139. The first kappa shape index (κ1) is 17.7. The quantitative estimate of drug-likeness (QED) is 0.855. The number of nitrogens with one attached hydrogen (secondary N) is 2. The van der Waals surface area contributed by atoms with Gasteiger partial charge in [-0.25, -0.2) is 4.98 Å². The van der Waals surface area contributed by atoms with Crippen LogP contribution in [0.25, 0.3) is 0 Å². The Morgan fingerprint density at radius 3 is 2.70 bits per heavy atom. The van der Waals surface area contributed by atoms with Crippen LogP contribution in [0.2, 0.25) is 0 Å². The van der Waals surface area contributed by atoms with Crippen LogP contribution in [0.4, 0.5) is 13.2 Å². The summed E-state index contributed by atoms with van der Waals surface area (Å²) in [6.07, 6.45) is -3.86. The van der Waals surface area contributed by atoms with E-state index >= 15 is 0 Å². The average Bonchev–Trinajstić information content (AvgIpc) is 3.00. The van der Waals surface area contributed by atoms with E-state index in [9.17, 15) is 18.0 Å². The molecule has 1 aromatic heterocycles. The highest BCUT2D eigenvalue weighted by molar-refractivity contribution is 5.78. The lowest BCUT2D eigenvalue weighted by atomic mass is 10.2. The maximum absolute atomic E-state index is 12.2. The molecule has 0 aromatic carbocycles. The number of aromatic nitrogens is 2. The van der Waals surface area contributed by atoms with Crippen molar-refractivity contribution in [2.24, 2.45) is 0 Å². The summed E-state index contributed by atoms with van der Waals surface area (Å²) in [5.41, 5.74) is 1.80. The molecular weight excluding hydrogens is 313 g/mol. The van der Waals surface area contributed by atoms with Crippen LogP contribution < -0.4 is 5.32 Å². The number of nitrogens with zero attached hydrogens (tertiary/aromatic N) is 2. The van der Waals surface area contributed by atoms with E-state index in [0.29, 0.717) is 18.8 Å². The fourth-order valence-corrected chi connectivity index (χ4v) is 2.66. The highest BCUT2D eigenvalue weighted by atomic mass is 19.4. The van der Waals surface area contributed by atoms with Crippen molar-refractivity contribution in [3.05, 3.63) is 17.2 Å². The minimum absolute atomic E-state index is 0.0823. The SMILES string of the molecule is CO[C@@H]1C[C@@H](c2nc(C)c(C)[nH]2)N(CC(=O)NCC(F)(F)F)C1. The van der Waals surface area contributed by atoms with Gasteiger partial charge in [0.25, 0.3) is 0 Å². The molecule has 2 atom stereocenters. The Hall–Kier alpha value is -1.61. The highest BCUT2D eigenvalue weighted by Gasteiger charge is 2.36. The highest BCUT2D eigenvalue weighted by Crippen LogP contribution is 2.31. The van der Waals surface area contributed by atoms with Crippen molar-refractivity contribution in [3.8, 4) is 0 Å². The van der Waals surface area contributed by atoms with Crippen LogP contribution in [0.3, 0.4) is 0 Å². The van der Waals surface area contributed by atoms with Crippen LogP contribution in [-0.4, -0.2) is 59.8 Å². The lowest BCUT2D eigenvalue weighted by Crippen LogP contribution is -2.41. The molecule has 0 spiro atoms. The van der Waals surface area contributed by atoms with Gasteiger partial charge in [-0.05, 0) is 20.3 Å². The summed E-state index contributed by atoms with van der Waals surface area (Å²) in [7, 11) is 1.58. The fraction of sp³-hybridized carbons (Fsp3) is 0.714. The molecule has 1 fully saturated rings. The van der Waals surface area contributed by atoms with Gasteiger partial charge in [0, 0.05) is 19.3 Å². The predicted octanol–water partition coefficient (Wildman–Crippen LogP) is 1.47. The second kappa shape index (κ2) is 6.88.